The molecule has 1 aromatic carbocycles. The van der Waals surface area contributed by atoms with E-state index in [4.69, 9.17) is 4.74 Å². The number of anilines is 1. The summed E-state index contributed by atoms with van der Waals surface area (Å²) in [7, 11) is 2.99. The quantitative estimate of drug-likeness (QED) is 0.616. The van der Waals surface area contributed by atoms with Crippen molar-refractivity contribution in [3.8, 4) is 5.75 Å². The number of aliphatic hydroxyl groups is 1. The molecule has 0 radical (unpaired) electrons. The van der Waals surface area contributed by atoms with Gasteiger partial charge in [-0.05, 0) is 26.0 Å². The van der Waals surface area contributed by atoms with Gasteiger partial charge in [-0.2, -0.15) is 4.98 Å². The van der Waals surface area contributed by atoms with Gasteiger partial charge >= 0.3 is 5.69 Å². The van der Waals surface area contributed by atoms with Crippen molar-refractivity contribution in [2.75, 3.05) is 18.5 Å². The van der Waals surface area contributed by atoms with E-state index in [-0.39, 0.29) is 24.3 Å². The molecule has 9 nitrogen and oxygen atoms in total. The van der Waals surface area contributed by atoms with Crippen molar-refractivity contribution in [2.45, 2.75) is 26.5 Å². The zero-order valence-corrected chi connectivity index (χ0v) is 16.5. The monoisotopic (exact) mass is 387 g/mol. The summed E-state index contributed by atoms with van der Waals surface area (Å²) in [4.78, 5) is 29.3. The van der Waals surface area contributed by atoms with Crippen LogP contribution in [-0.2, 0) is 20.6 Å². The minimum Gasteiger partial charge on any atom is -0.491 e. The first-order chi connectivity index (χ1) is 13.3. The van der Waals surface area contributed by atoms with Gasteiger partial charge in [0, 0.05) is 20.6 Å². The summed E-state index contributed by atoms with van der Waals surface area (Å²) >= 11 is 0. The molecule has 150 valence electrons. The Bertz CT molecular complexity index is 1090. The van der Waals surface area contributed by atoms with Gasteiger partial charge in [-0.3, -0.25) is 13.9 Å². The SMILES string of the molecule is CCNc1nc2c(c(=O)n(C)c(=O)n2C)n1C[C@H](O)COc1ccc(C)cc1. The van der Waals surface area contributed by atoms with Crippen molar-refractivity contribution >= 4 is 17.1 Å². The van der Waals surface area contributed by atoms with E-state index in [2.05, 4.69) is 10.3 Å². The number of imidazole rings is 1. The maximum Gasteiger partial charge on any atom is 0.332 e. The smallest absolute Gasteiger partial charge is 0.332 e. The minimum absolute atomic E-state index is 0.0559. The van der Waals surface area contributed by atoms with Gasteiger partial charge in [-0.1, -0.05) is 17.7 Å². The molecule has 0 bridgehead atoms. The lowest BCUT2D eigenvalue weighted by atomic mass is 10.2. The van der Waals surface area contributed by atoms with Crippen molar-refractivity contribution in [3.63, 3.8) is 0 Å². The fraction of sp³-hybridized carbons (Fsp3) is 0.421. The number of hydrogen-bond donors (Lipinski definition) is 2. The molecule has 0 unspecified atom stereocenters. The molecule has 1 atom stereocenters. The number of rotatable bonds is 7. The first-order valence-electron chi connectivity index (χ1n) is 9.11. The van der Waals surface area contributed by atoms with Crippen molar-refractivity contribution in [1.82, 2.24) is 18.7 Å². The molecule has 0 fully saturated rings. The number of nitrogens with one attached hydrogen (secondary N) is 1. The van der Waals surface area contributed by atoms with Crippen molar-refractivity contribution in [1.29, 1.82) is 0 Å². The molecule has 2 heterocycles. The molecular formula is C19H25N5O4. The van der Waals surface area contributed by atoms with Gasteiger partial charge in [0.15, 0.2) is 11.2 Å². The van der Waals surface area contributed by atoms with E-state index < -0.39 is 17.4 Å². The maximum atomic E-state index is 12.7. The number of ether oxygens (including phenoxy) is 1. The molecule has 2 N–H and O–H groups in total. The number of aliphatic hydroxyl groups excluding tert-OH is 1. The van der Waals surface area contributed by atoms with Crippen molar-refractivity contribution in [3.05, 3.63) is 50.7 Å². The number of nitrogens with zero attached hydrogens (tertiary/aromatic N) is 4. The normalized spacial score (nSPS) is 12.3. The van der Waals surface area contributed by atoms with Gasteiger partial charge in [0.25, 0.3) is 5.56 Å². The third-order valence-electron chi connectivity index (χ3n) is 4.54. The summed E-state index contributed by atoms with van der Waals surface area (Å²) in [6, 6.07) is 7.53. The summed E-state index contributed by atoms with van der Waals surface area (Å²) in [6.45, 7) is 4.61. The van der Waals surface area contributed by atoms with Gasteiger partial charge in [0.05, 0.1) is 6.54 Å². The van der Waals surface area contributed by atoms with Gasteiger partial charge in [-0.25, -0.2) is 4.79 Å². The summed E-state index contributed by atoms with van der Waals surface area (Å²) in [6.07, 6.45) is -0.877. The van der Waals surface area contributed by atoms with Crippen molar-refractivity contribution in [2.24, 2.45) is 14.1 Å². The third-order valence-corrected chi connectivity index (χ3v) is 4.54. The molecule has 0 aliphatic rings. The predicted molar refractivity (Wildman–Crippen MR) is 107 cm³/mol. The van der Waals surface area contributed by atoms with E-state index in [0.29, 0.717) is 18.2 Å². The zero-order chi connectivity index (χ0) is 20.4. The highest BCUT2D eigenvalue weighted by Gasteiger charge is 2.21. The van der Waals surface area contributed by atoms with Crippen LogP contribution in [0.4, 0.5) is 5.95 Å². The second-order valence-electron chi connectivity index (χ2n) is 6.73. The number of hydrogen-bond acceptors (Lipinski definition) is 6. The average molecular weight is 387 g/mol. The molecular weight excluding hydrogens is 362 g/mol. The molecule has 0 saturated heterocycles. The van der Waals surface area contributed by atoms with Crippen LogP contribution in [0.3, 0.4) is 0 Å². The molecule has 0 aliphatic heterocycles. The lowest BCUT2D eigenvalue weighted by Crippen LogP contribution is -2.38. The van der Waals surface area contributed by atoms with Crippen LogP contribution in [0.15, 0.2) is 33.9 Å². The fourth-order valence-corrected chi connectivity index (χ4v) is 3.01. The van der Waals surface area contributed by atoms with Crippen LogP contribution in [0.5, 0.6) is 5.75 Å². The molecule has 0 saturated carbocycles. The van der Waals surface area contributed by atoms with Crippen LogP contribution >= 0.6 is 0 Å². The maximum absolute atomic E-state index is 12.7. The second-order valence-corrected chi connectivity index (χ2v) is 6.73. The largest absolute Gasteiger partial charge is 0.491 e. The van der Waals surface area contributed by atoms with Crippen LogP contribution in [-0.4, -0.2) is 43.0 Å². The average Bonchev–Trinajstić information content (AvgIpc) is 3.03. The molecule has 3 aromatic rings. The van der Waals surface area contributed by atoms with Gasteiger partial charge in [0.2, 0.25) is 5.95 Å². The van der Waals surface area contributed by atoms with Gasteiger partial charge in [-0.15, -0.1) is 0 Å². The first kappa shape index (κ1) is 19.7. The van der Waals surface area contributed by atoms with Gasteiger partial charge < -0.3 is 19.7 Å². The van der Waals surface area contributed by atoms with E-state index in [1.807, 2.05) is 38.1 Å². The standard InChI is InChI=1S/C19H25N5O4/c1-5-20-18-21-16-15(17(26)23(4)19(27)22(16)3)24(18)10-13(25)11-28-14-8-6-12(2)7-9-14/h6-9,13,25H,5,10-11H2,1-4H3,(H,20,21)/t13-/m0/s1. The fourth-order valence-electron chi connectivity index (χ4n) is 3.01. The van der Waals surface area contributed by atoms with E-state index in [1.165, 1.54) is 11.6 Å². The Hall–Kier alpha value is -3.07. The number of fused-ring (bicyclic) bond motifs is 1. The van der Waals surface area contributed by atoms with E-state index in [9.17, 15) is 14.7 Å². The highest BCUT2D eigenvalue weighted by molar-refractivity contribution is 5.74. The topological polar surface area (TPSA) is 103 Å². The molecule has 0 amide bonds. The summed E-state index contributed by atoms with van der Waals surface area (Å²) in [5.41, 5.74) is 0.745. The molecule has 0 aliphatic carbocycles. The molecule has 9 heteroatoms. The Morgan fingerprint density at radius 1 is 1.18 bits per heavy atom. The first-order valence-corrected chi connectivity index (χ1v) is 9.11. The summed E-state index contributed by atoms with van der Waals surface area (Å²) < 4.78 is 9.59. The zero-order valence-electron chi connectivity index (χ0n) is 16.5. The summed E-state index contributed by atoms with van der Waals surface area (Å²) in [5.74, 6) is 1.08. The van der Waals surface area contributed by atoms with Crippen molar-refractivity contribution < 1.29 is 9.84 Å². The van der Waals surface area contributed by atoms with Crippen LogP contribution in [0.1, 0.15) is 12.5 Å². The lowest BCUT2D eigenvalue weighted by molar-refractivity contribution is 0.0938. The third kappa shape index (κ3) is 3.65. The Morgan fingerprint density at radius 3 is 2.50 bits per heavy atom. The number of benzene rings is 1. The van der Waals surface area contributed by atoms with Crippen LogP contribution < -0.4 is 21.3 Å². The lowest BCUT2D eigenvalue weighted by Gasteiger charge is -2.16. The van der Waals surface area contributed by atoms with Crippen LogP contribution in [0.2, 0.25) is 0 Å². The van der Waals surface area contributed by atoms with E-state index >= 15 is 0 Å². The molecule has 0 spiro atoms. The summed E-state index contributed by atoms with van der Waals surface area (Å²) in [5, 5.41) is 13.6. The number of aromatic nitrogens is 4. The van der Waals surface area contributed by atoms with Gasteiger partial charge in [0.1, 0.15) is 18.5 Å². The Morgan fingerprint density at radius 2 is 1.86 bits per heavy atom. The molecule has 2 aromatic heterocycles. The second kappa shape index (κ2) is 7.89. The van der Waals surface area contributed by atoms with E-state index in [0.717, 1.165) is 10.1 Å². The minimum atomic E-state index is -0.877. The van der Waals surface area contributed by atoms with E-state index in [1.54, 1.807) is 11.6 Å². The van der Waals surface area contributed by atoms with Crippen LogP contribution in [0.25, 0.3) is 11.2 Å². The predicted octanol–water partition coefficient (Wildman–Crippen LogP) is 0.614. The number of aryl methyl sites for hydroxylation is 2. The highest BCUT2D eigenvalue weighted by Crippen LogP contribution is 2.17. The molecule has 3 rings (SSSR count). The Kier molecular flexibility index (Phi) is 5.55. The Balaban J connectivity index is 1.92. The Labute approximate surface area is 161 Å². The molecule has 28 heavy (non-hydrogen) atoms. The van der Waals surface area contributed by atoms with Crippen LogP contribution in [0, 0.1) is 6.92 Å². The highest BCUT2D eigenvalue weighted by atomic mass is 16.5.